The normalized spacial score (nSPS) is 22.5. The van der Waals surface area contributed by atoms with Gasteiger partial charge in [0, 0.05) is 0 Å². The van der Waals surface area contributed by atoms with Crippen LogP contribution in [0.25, 0.3) is 6.08 Å². The average molecular weight is 242 g/mol. The largest absolute Gasteiger partial charge is 0.452 e. The van der Waals surface area contributed by atoms with Gasteiger partial charge in [0.25, 0.3) is 0 Å². The minimum Gasteiger partial charge on any atom is -0.452 e. The molecule has 0 amide bonds. The Morgan fingerprint density at radius 2 is 2.11 bits per heavy atom. The lowest BCUT2D eigenvalue weighted by atomic mass is 9.93. The molecule has 1 aliphatic rings. The fourth-order valence-electron chi connectivity index (χ4n) is 2.10. The topological polar surface area (TPSA) is 26.3 Å². The van der Waals surface area contributed by atoms with Crippen molar-refractivity contribution in [3.05, 3.63) is 54.1 Å². The zero-order valence-corrected chi connectivity index (χ0v) is 10.7. The van der Waals surface area contributed by atoms with Crippen LogP contribution in [-0.2, 0) is 4.74 Å². The lowest BCUT2D eigenvalue weighted by Gasteiger charge is -2.28. The number of hydrogen-bond acceptors (Lipinski definition) is 2. The summed E-state index contributed by atoms with van der Waals surface area (Å²) >= 11 is 0. The predicted octanol–water partition coefficient (Wildman–Crippen LogP) is 3.99. The van der Waals surface area contributed by atoms with Crippen molar-refractivity contribution in [2.24, 2.45) is 0 Å². The van der Waals surface area contributed by atoms with Gasteiger partial charge in [-0.25, -0.2) is 4.79 Å². The molecule has 2 rings (SSSR count). The maximum absolute atomic E-state index is 12.0. The van der Waals surface area contributed by atoms with Crippen LogP contribution in [0.15, 0.2) is 43.0 Å². The van der Waals surface area contributed by atoms with E-state index in [2.05, 4.69) is 12.7 Å². The van der Waals surface area contributed by atoms with E-state index in [1.165, 1.54) is 0 Å². The monoisotopic (exact) mass is 242 g/mol. The summed E-state index contributed by atoms with van der Waals surface area (Å²) in [5, 5.41) is 0. The van der Waals surface area contributed by atoms with Crippen LogP contribution in [0.2, 0.25) is 0 Å². The highest BCUT2D eigenvalue weighted by atomic mass is 16.6. The van der Waals surface area contributed by atoms with Gasteiger partial charge in [0.15, 0.2) is 0 Å². The molecular formula is C16H18O2. The van der Waals surface area contributed by atoms with E-state index in [1.807, 2.05) is 25.1 Å². The number of ether oxygens (including phenoxy) is 1. The summed E-state index contributed by atoms with van der Waals surface area (Å²) < 4.78 is 5.59. The molecule has 0 spiro atoms. The Bertz CT molecular complexity index is 470. The molecule has 0 fully saturated rings. The second-order valence-corrected chi connectivity index (χ2v) is 4.82. The molecule has 0 N–H and O–H groups in total. The zero-order valence-electron chi connectivity index (χ0n) is 10.7. The fraction of sp³-hybridized carbons (Fsp3) is 0.312. The van der Waals surface area contributed by atoms with Crippen LogP contribution < -0.4 is 0 Å². The molecule has 0 aliphatic heterocycles. The van der Waals surface area contributed by atoms with E-state index in [9.17, 15) is 4.79 Å². The van der Waals surface area contributed by atoms with E-state index in [4.69, 9.17) is 4.74 Å². The summed E-state index contributed by atoms with van der Waals surface area (Å²) in [4.78, 5) is 12.0. The van der Waals surface area contributed by atoms with Crippen molar-refractivity contribution in [3.8, 4) is 0 Å². The minimum absolute atomic E-state index is 0.264. The Balaban J connectivity index is 2.09. The van der Waals surface area contributed by atoms with Crippen LogP contribution in [0.5, 0.6) is 0 Å². The van der Waals surface area contributed by atoms with E-state index in [-0.39, 0.29) is 5.97 Å². The van der Waals surface area contributed by atoms with E-state index in [1.54, 1.807) is 18.2 Å². The number of esters is 1. The molecule has 1 aliphatic carbocycles. The molecule has 0 saturated heterocycles. The molecule has 0 bridgehead atoms. The van der Waals surface area contributed by atoms with Crippen molar-refractivity contribution in [2.45, 2.75) is 31.8 Å². The quantitative estimate of drug-likeness (QED) is 0.592. The Kier molecular flexibility index (Phi) is 3.66. The van der Waals surface area contributed by atoms with Gasteiger partial charge in [0.05, 0.1) is 5.56 Å². The molecule has 1 unspecified atom stereocenters. The summed E-state index contributed by atoms with van der Waals surface area (Å²) in [5.41, 5.74) is 1.13. The van der Waals surface area contributed by atoms with Gasteiger partial charge in [-0.15, -0.1) is 0 Å². The number of carbonyl (C=O) groups is 1. The highest BCUT2D eigenvalue weighted by Crippen LogP contribution is 2.26. The molecule has 1 aromatic carbocycles. The lowest BCUT2D eigenvalue weighted by Crippen LogP contribution is -2.30. The fourth-order valence-corrected chi connectivity index (χ4v) is 2.10. The van der Waals surface area contributed by atoms with E-state index < -0.39 is 5.60 Å². The van der Waals surface area contributed by atoms with Crippen molar-refractivity contribution in [3.63, 3.8) is 0 Å². The van der Waals surface area contributed by atoms with Crippen LogP contribution >= 0.6 is 0 Å². The first-order valence-corrected chi connectivity index (χ1v) is 6.26. The second kappa shape index (κ2) is 5.21. The van der Waals surface area contributed by atoms with Crippen LogP contribution in [0.4, 0.5) is 0 Å². The Labute approximate surface area is 108 Å². The van der Waals surface area contributed by atoms with Crippen LogP contribution in [0, 0.1) is 0 Å². The minimum atomic E-state index is -0.452. The Morgan fingerprint density at radius 3 is 2.67 bits per heavy atom. The van der Waals surface area contributed by atoms with Gasteiger partial charge in [-0.05, 0) is 50.0 Å². The summed E-state index contributed by atoms with van der Waals surface area (Å²) in [6.07, 6.45) is 8.85. The maximum atomic E-state index is 12.0. The molecule has 1 aromatic rings. The van der Waals surface area contributed by atoms with Gasteiger partial charge in [0.2, 0.25) is 0 Å². The summed E-state index contributed by atoms with van der Waals surface area (Å²) in [6, 6.07) is 7.27. The number of carbonyl (C=O) groups excluding carboxylic acids is 1. The Hall–Kier alpha value is -1.83. The molecule has 2 heteroatoms. The van der Waals surface area contributed by atoms with Crippen LogP contribution in [0.3, 0.4) is 0 Å². The highest BCUT2D eigenvalue weighted by molar-refractivity contribution is 5.90. The third kappa shape index (κ3) is 2.89. The van der Waals surface area contributed by atoms with Gasteiger partial charge in [-0.2, -0.15) is 0 Å². The lowest BCUT2D eigenvalue weighted by molar-refractivity contribution is 0.00572. The van der Waals surface area contributed by atoms with Crippen molar-refractivity contribution in [2.75, 3.05) is 0 Å². The molecule has 0 aromatic heterocycles. The first kappa shape index (κ1) is 12.6. The standard InChI is InChI=1S/C16H18O2/c1-3-13-7-9-14(10-8-13)15(17)18-16(2)11-5-4-6-12-16/h3,5,7-11H,1,4,6,12H2,2H3. The van der Waals surface area contributed by atoms with Crippen LogP contribution in [-0.4, -0.2) is 11.6 Å². The van der Waals surface area contributed by atoms with Gasteiger partial charge >= 0.3 is 5.97 Å². The van der Waals surface area contributed by atoms with E-state index >= 15 is 0 Å². The SMILES string of the molecule is C=Cc1ccc(C(=O)OC2(C)C=CCCC2)cc1. The maximum Gasteiger partial charge on any atom is 0.338 e. The third-order valence-corrected chi connectivity index (χ3v) is 3.22. The van der Waals surface area contributed by atoms with Crippen LogP contribution in [0.1, 0.15) is 42.1 Å². The molecule has 0 heterocycles. The molecule has 2 nitrogen and oxygen atoms in total. The summed E-state index contributed by atoms with van der Waals surface area (Å²) in [7, 11) is 0. The Morgan fingerprint density at radius 1 is 1.39 bits per heavy atom. The van der Waals surface area contributed by atoms with Gasteiger partial charge in [-0.1, -0.05) is 30.9 Å². The van der Waals surface area contributed by atoms with Crippen molar-refractivity contribution in [1.29, 1.82) is 0 Å². The first-order valence-electron chi connectivity index (χ1n) is 6.26. The molecule has 0 radical (unpaired) electrons. The molecular weight excluding hydrogens is 224 g/mol. The average Bonchev–Trinajstić information content (AvgIpc) is 2.39. The summed E-state index contributed by atoms with van der Waals surface area (Å²) in [6.45, 7) is 5.64. The number of hydrogen-bond donors (Lipinski definition) is 0. The molecule has 18 heavy (non-hydrogen) atoms. The van der Waals surface area contributed by atoms with Gasteiger partial charge in [-0.3, -0.25) is 0 Å². The van der Waals surface area contributed by atoms with Gasteiger partial charge in [0.1, 0.15) is 5.60 Å². The number of allylic oxidation sites excluding steroid dienone is 1. The van der Waals surface area contributed by atoms with Crippen molar-refractivity contribution < 1.29 is 9.53 Å². The number of benzene rings is 1. The second-order valence-electron chi connectivity index (χ2n) is 4.82. The molecule has 1 atom stereocenters. The van der Waals surface area contributed by atoms with Crippen molar-refractivity contribution in [1.82, 2.24) is 0 Å². The third-order valence-electron chi connectivity index (χ3n) is 3.22. The van der Waals surface area contributed by atoms with Crippen molar-refractivity contribution >= 4 is 12.0 Å². The summed E-state index contributed by atoms with van der Waals surface area (Å²) in [5.74, 6) is -0.264. The zero-order chi connectivity index (χ0) is 13.0. The first-order chi connectivity index (χ1) is 8.63. The van der Waals surface area contributed by atoms with E-state index in [0.717, 1.165) is 24.8 Å². The predicted molar refractivity (Wildman–Crippen MR) is 73.3 cm³/mol. The highest BCUT2D eigenvalue weighted by Gasteiger charge is 2.27. The van der Waals surface area contributed by atoms with E-state index in [0.29, 0.717) is 5.56 Å². The molecule has 0 saturated carbocycles. The smallest absolute Gasteiger partial charge is 0.338 e. The number of rotatable bonds is 3. The van der Waals surface area contributed by atoms with Gasteiger partial charge < -0.3 is 4.74 Å². The molecule has 94 valence electrons.